The molecule has 0 aliphatic carbocycles. The van der Waals surface area contributed by atoms with Crippen LogP contribution in [-0.2, 0) is 6.42 Å². The minimum Gasteiger partial charge on any atom is -0.284 e. The first-order valence-corrected chi connectivity index (χ1v) is 5.39. The van der Waals surface area contributed by atoms with Crippen LogP contribution in [0.1, 0.15) is 18.4 Å². The smallest absolute Gasteiger partial charge is 0.182 e. The molecule has 74 valence electrons. The molecule has 0 aliphatic rings. The Bertz CT molecular complexity index is 449. The number of alkyl halides is 1. The van der Waals surface area contributed by atoms with Crippen molar-refractivity contribution < 1.29 is 0 Å². The van der Waals surface area contributed by atoms with Crippen molar-refractivity contribution in [3.05, 3.63) is 23.9 Å². The predicted octanol–water partition coefficient (Wildman–Crippen LogP) is 1.76. The quantitative estimate of drug-likeness (QED) is 0.768. The lowest BCUT2D eigenvalue weighted by Crippen LogP contribution is -2.02. The van der Waals surface area contributed by atoms with Crippen molar-refractivity contribution in [1.29, 1.82) is 0 Å². The summed E-state index contributed by atoms with van der Waals surface area (Å²) in [5, 5.41) is 8.12. The molecule has 0 N–H and O–H groups in total. The molecule has 0 aromatic carbocycles. The fraction of sp³-hybridized carbons (Fsp3) is 0.444. The van der Waals surface area contributed by atoms with Crippen LogP contribution < -0.4 is 0 Å². The highest BCUT2D eigenvalue weighted by atomic mass is 79.9. The standard InChI is InChI=1S/C9H11BrN4/c1-6(10)5-8-9-13-12-7(2)14(9)4-3-11-8/h3-4,6H,5H2,1-2H3. The maximum atomic E-state index is 4.31. The molecule has 2 aromatic rings. The fourth-order valence-electron chi connectivity index (χ4n) is 1.40. The molecule has 0 fully saturated rings. The number of aryl methyl sites for hydroxylation is 1. The van der Waals surface area contributed by atoms with Crippen LogP contribution in [0.2, 0.25) is 0 Å². The number of rotatable bonds is 2. The van der Waals surface area contributed by atoms with Crippen LogP contribution in [0.25, 0.3) is 5.65 Å². The van der Waals surface area contributed by atoms with E-state index in [9.17, 15) is 0 Å². The molecule has 1 atom stereocenters. The molecular weight excluding hydrogens is 244 g/mol. The summed E-state index contributed by atoms with van der Waals surface area (Å²) in [4.78, 5) is 4.71. The largest absolute Gasteiger partial charge is 0.284 e. The van der Waals surface area contributed by atoms with Gasteiger partial charge >= 0.3 is 0 Å². The summed E-state index contributed by atoms with van der Waals surface area (Å²) in [6.07, 6.45) is 4.53. The van der Waals surface area contributed by atoms with E-state index in [1.807, 2.05) is 17.5 Å². The zero-order valence-corrected chi connectivity index (χ0v) is 9.69. The average Bonchev–Trinajstić information content (AvgIpc) is 2.49. The molecule has 2 rings (SSSR count). The van der Waals surface area contributed by atoms with Crippen LogP contribution in [0.15, 0.2) is 12.4 Å². The van der Waals surface area contributed by atoms with Crippen LogP contribution in [0.5, 0.6) is 0 Å². The summed E-state index contributed by atoms with van der Waals surface area (Å²) >= 11 is 3.51. The molecule has 0 saturated heterocycles. The van der Waals surface area contributed by atoms with Crippen molar-refractivity contribution in [3.8, 4) is 0 Å². The molecule has 0 saturated carbocycles. The summed E-state index contributed by atoms with van der Waals surface area (Å²) in [5.74, 6) is 0.894. The minimum atomic E-state index is 0.401. The molecule has 0 amide bonds. The van der Waals surface area contributed by atoms with E-state index in [4.69, 9.17) is 0 Å². The number of aromatic nitrogens is 4. The number of hydrogen-bond acceptors (Lipinski definition) is 3. The van der Waals surface area contributed by atoms with E-state index in [2.05, 4.69) is 38.0 Å². The Morgan fingerprint density at radius 1 is 1.50 bits per heavy atom. The summed E-state index contributed by atoms with van der Waals surface area (Å²) in [6.45, 7) is 4.02. The molecule has 0 bridgehead atoms. The second kappa shape index (κ2) is 3.65. The Labute approximate surface area is 90.5 Å². The van der Waals surface area contributed by atoms with Crippen LogP contribution in [-0.4, -0.2) is 24.4 Å². The van der Waals surface area contributed by atoms with Gasteiger partial charge in [-0.2, -0.15) is 0 Å². The van der Waals surface area contributed by atoms with Gasteiger partial charge in [0.05, 0.1) is 5.69 Å². The van der Waals surface area contributed by atoms with E-state index in [0.29, 0.717) is 4.83 Å². The molecule has 2 aromatic heterocycles. The van der Waals surface area contributed by atoms with Gasteiger partial charge < -0.3 is 0 Å². The highest BCUT2D eigenvalue weighted by Crippen LogP contribution is 2.12. The van der Waals surface area contributed by atoms with Gasteiger partial charge in [-0.15, -0.1) is 10.2 Å². The fourth-order valence-corrected chi connectivity index (χ4v) is 1.71. The third-order valence-corrected chi connectivity index (χ3v) is 2.37. The number of fused-ring (bicyclic) bond motifs is 1. The van der Waals surface area contributed by atoms with Crippen molar-refractivity contribution in [2.24, 2.45) is 0 Å². The van der Waals surface area contributed by atoms with E-state index >= 15 is 0 Å². The summed E-state index contributed by atoms with van der Waals surface area (Å²) in [5.41, 5.74) is 1.84. The van der Waals surface area contributed by atoms with Crippen LogP contribution in [0.3, 0.4) is 0 Å². The zero-order chi connectivity index (χ0) is 10.1. The van der Waals surface area contributed by atoms with E-state index in [-0.39, 0.29) is 0 Å². The average molecular weight is 255 g/mol. The van der Waals surface area contributed by atoms with E-state index in [1.54, 1.807) is 6.20 Å². The normalized spacial score (nSPS) is 13.4. The van der Waals surface area contributed by atoms with Gasteiger partial charge in [-0.3, -0.25) is 9.38 Å². The highest BCUT2D eigenvalue weighted by Gasteiger charge is 2.09. The Morgan fingerprint density at radius 2 is 2.29 bits per heavy atom. The molecule has 4 nitrogen and oxygen atoms in total. The Kier molecular flexibility index (Phi) is 2.50. The van der Waals surface area contributed by atoms with Gasteiger partial charge in [0.25, 0.3) is 0 Å². The van der Waals surface area contributed by atoms with E-state index < -0.39 is 0 Å². The van der Waals surface area contributed by atoms with Crippen molar-refractivity contribution >= 4 is 21.6 Å². The Morgan fingerprint density at radius 3 is 3.00 bits per heavy atom. The van der Waals surface area contributed by atoms with Crippen molar-refractivity contribution in [2.45, 2.75) is 25.1 Å². The summed E-state index contributed by atoms with van der Waals surface area (Å²) in [6, 6.07) is 0. The van der Waals surface area contributed by atoms with Gasteiger partial charge in [0.2, 0.25) is 0 Å². The molecular formula is C9H11BrN4. The van der Waals surface area contributed by atoms with E-state index in [0.717, 1.165) is 23.6 Å². The minimum absolute atomic E-state index is 0.401. The molecule has 0 radical (unpaired) electrons. The van der Waals surface area contributed by atoms with Gasteiger partial charge in [-0.25, -0.2) is 0 Å². The lowest BCUT2D eigenvalue weighted by Gasteiger charge is -2.03. The van der Waals surface area contributed by atoms with Gasteiger partial charge in [-0.1, -0.05) is 22.9 Å². The lowest BCUT2D eigenvalue weighted by molar-refractivity contribution is 0.898. The SMILES string of the molecule is Cc1nnc2c(CC(C)Br)nccn12. The maximum absolute atomic E-state index is 4.31. The Hall–Kier alpha value is -0.970. The summed E-state index contributed by atoms with van der Waals surface area (Å²) in [7, 11) is 0. The van der Waals surface area contributed by atoms with Crippen LogP contribution in [0.4, 0.5) is 0 Å². The molecule has 14 heavy (non-hydrogen) atoms. The summed E-state index contributed by atoms with van der Waals surface area (Å²) < 4.78 is 1.96. The van der Waals surface area contributed by atoms with Gasteiger partial charge in [0, 0.05) is 23.6 Å². The second-order valence-corrected chi connectivity index (χ2v) is 4.86. The molecule has 0 aliphatic heterocycles. The first-order valence-electron chi connectivity index (χ1n) is 4.48. The monoisotopic (exact) mass is 254 g/mol. The lowest BCUT2D eigenvalue weighted by atomic mass is 10.2. The molecule has 2 heterocycles. The highest BCUT2D eigenvalue weighted by molar-refractivity contribution is 9.09. The second-order valence-electron chi connectivity index (χ2n) is 3.30. The predicted molar refractivity (Wildman–Crippen MR) is 57.6 cm³/mol. The zero-order valence-electron chi connectivity index (χ0n) is 8.11. The molecule has 0 spiro atoms. The first-order chi connectivity index (χ1) is 6.68. The van der Waals surface area contributed by atoms with Crippen molar-refractivity contribution in [1.82, 2.24) is 19.6 Å². The number of hydrogen-bond donors (Lipinski definition) is 0. The maximum Gasteiger partial charge on any atom is 0.182 e. The third kappa shape index (κ3) is 1.64. The van der Waals surface area contributed by atoms with Gasteiger partial charge in [0.15, 0.2) is 5.65 Å². The molecule has 1 unspecified atom stereocenters. The van der Waals surface area contributed by atoms with Crippen LogP contribution in [0, 0.1) is 6.92 Å². The van der Waals surface area contributed by atoms with Crippen LogP contribution >= 0.6 is 15.9 Å². The topological polar surface area (TPSA) is 43.1 Å². The Balaban J connectivity index is 2.54. The van der Waals surface area contributed by atoms with Crippen molar-refractivity contribution in [3.63, 3.8) is 0 Å². The van der Waals surface area contributed by atoms with Gasteiger partial charge in [-0.05, 0) is 6.92 Å². The van der Waals surface area contributed by atoms with Crippen molar-refractivity contribution in [2.75, 3.05) is 0 Å². The number of halogens is 1. The van der Waals surface area contributed by atoms with E-state index in [1.165, 1.54) is 0 Å². The third-order valence-electron chi connectivity index (χ3n) is 2.05. The van der Waals surface area contributed by atoms with Gasteiger partial charge in [0.1, 0.15) is 5.82 Å². The first kappa shape index (κ1) is 9.58. The number of nitrogens with zero attached hydrogens (tertiary/aromatic N) is 4. The molecule has 5 heteroatoms.